The maximum Gasteiger partial charge on any atom is 0.228 e. The van der Waals surface area contributed by atoms with E-state index < -0.39 is 0 Å². The van der Waals surface area contributed by atoms with Crippen molar-refractivity contribution in [1.82, 2.24) is 4.98 Å². The standard InChI is InChI=1S/C21H18N2O3/c1-26-16-6-8-18-17-7-5-13(9-19(17)23-20(18)12-16)10-21(25)22-14-3-2-4-15(24)11-14/h2-9,11-12,23-24H,10H2,1H3,(H,22,25). The molecule has 130 valence electrons. The molecule has 1 amide bonds. The summed E-state index contributed by atoms with van der Waals surface area (Å²) in [5.74, 6) is 0.792. The van der Waals surface area contributed by atoms with E-state index in [9.17, 15) is 9.90 Å². The normalized spacial score (nSPS) is 11.0. The van der Waals surface area contributed by atoms with Crippen molar-refractivity contribution >= 4 is 33.4 Å². The minimum absolute atomic E-state index is 0.123. The predicted octanol–water partition coefficient (Wildman–Crippen LogP) is 4.22. The Hall–Kier alpha value is -3.47. The monoisotopic (exact) mass is 346 g/mol. The number of benzene rings is 3. The van der Waals surface area contributed by atoms with Crippen LogP contribution in [0.3, 0.4) is 0 Å². The molecule has 0 aliphatic heterocycles. The lowest BCUT2D eigenvalue weighted by atomic mass is 10.1. The number of methoxy groups -OCH3 is 1. The van der Waals surface area contributed by atoms with Crippen molar-refractivity contribution in [1.29, 1.82) is 0 Å². The van der Waals surface area contributed by atoms with E-state index in [0.717, 1.165) is 33.1 Å². The van der Waals surface area contributed by atoms with Crippen molar-refractivity contribution in [2.24, 2.45) is 0 Å². The van der Waals surface area contributed by atoms with Crippen molar-refractivity contribution in [2.45, 2.75) is 6.42 Å². The number of carbonyl (C=O) groups excluding carboxylic acids is 1. The third-order valence-corrected chi connectivity index (χ3v) is 4.36. The predicted molar refractivity (Wildman–Crippen MR) is 103 cm³/mol. The third-order valence-electron chi connectivity index (χ3n) is 4.36. The summed E-state index contributed by atoms with van der Waals surface area (Å²) in [5.41, 5.74) is 3.47. The van der Waals surface area contributed by atoms with Gasteiger partial charge in [-0.05, 0) is 35.9 Å². The van der Waals surface area contributed by atoms with Gasteiger partial charge in [0.1, 0.15) is 11.5 Å². The van der Waals surface area contributed by atoms with E-state index in [4.69, 9.17) is 4.74 Å². The van der Waals surface area contributed by atoms with E-state index in [-0.39, 0.29) is 18.1 Å². The molecule has 3 aromatic carbocycles. The Morgan fingerprint density at radius 3 is 2.58 bits per heavy atom. The SMILES string of the molecule is COc1ccc2c(c1)[nH]c1cc(CC(=O)Nc3cccc(O)c3)ccc12. The zero-order valence-corrected chi connectivity index (χ0v) is 14.2. The fraction of sp³-hybridized carbons (Fsp3) is 0.0952. The number of ether oxygens (including phenoxy) is 1. The van der Waals surface area contributed by atoms with Crippen molar-refractivity contribution < 1.29 is 14.6 Å². The largest absolute Gasteiger partial charge is 0.508 e. The maximum atomic E-state index is 12.3. The first kappa shape index (κ1) is 16.0. The fourth-order valence-electron chi connectivity index (χ4n) is 3.15. The van der Waals surface area contributed by atoms with Crippen LogP contribution in [0.4, 0.5) is 5.69 Å². The quantitative estimate of drug-likeness (QED) is 0.518. The van der Waals surface area contributed by atoms with Gasteiger partial charge in [-0.2, -0.15) is 0 Å². The van der Waals surface area contributed by atoms with Gasteiger partial charge >= 0.3 is 0 Å². The molecule has 0 fully saturated rings. The van der Waals surface area contributed by atoms with E-state index in [1.165, 1.54) is 6.07 Å². The number of carbonyl (C=O) groups is 1. The van der Waals surface area contributed by atoms with E-state index >= 15 is 0 Å². The molecule has 4 rings (SSSR count). The molecule has 0 aliphatic carbocycles. The van der Waals surface area contributed by atoms with Crippen LogP contribution >= 0.6 is 0 Å². The van der Waals surface area contributed by atoms with Gasteiger partial charge in [0, 0.05) is 34.1 Å². The minimum atomic E-state index is -0.132. The lowest BCUT2D eigenvalue weighted by Crippen LogP contribution is -2.14. The first-order chi connectivity index (χ1) is 12.6. The Labute approximate surface area is 150 Å². The second-order valence-electron chi connectivity index (χ2n) is 6.19. The summed E-state index contributed by atoms with van der Waals surface area (Å²) >= 11 is 0. The van der Waals surface area contributed by atoms with Crippen LogP contribution in [-0.2, 0) is 11.2 Å². The summed E-state index contributed by atoms with van der Waals surface area (Å²) in [5, 5.41) is 14.5. The Morgan fingerprint density at radius 2 is 1.81 bits per heavy atom. The number of hydrogen-bond acceptors (Lipinski definition) is 3. The first-order valence-corrected chi connectivity index (χ1v) is 8.29. The second-order valence-corrected chi connectivity index (χ2v) is 6.19. The lowest BCUT2D eigenvalue weighted by Gasteiger charge is -2.06. The van der Waals surface area contributed by atoms with Gasteiger partial charge < -0.3 is 20.1 Å². The highest BCUT2D eigenvalue weighted by molar-refractivity contribution is 6.08. The number of anilines is 1. The highest BCUT2D eigenvalue weighted by Gasteiger charge is 2.09. The van der Waals surface area contributed by atoms with Gasteiger partial charge in [0.2, 0.25) is 5.91 Å². The molecule has 5 heteroatoms. The zero-order valence-electron chi connectivity index (χ0n) is 14.2. The highest BCUT2D eigenvalue weighted by atomic mass is 16.5. The second kappa shape index (κ2) is 6.44. The van der Waals surface area contributed by atoms with Crippen LogP contribution in [0, 0.1) is 0 Å². The maximum absolute atomic E-state index is 12.3. The Balaban J connectivity index is 1.58. The molecule has 0 unspecified atom stereocenters. The van der Waals surface area contributed by atoms with Gasteiger partial charge in [-0.1, -0.05) is 18.2 Å². The topological polar surface area (TPSA) is 74.4 Å². The average Bonchev–Trinajstić information content (AvgIpc) is 2.98. The Kier molecular flexibility index (Phi) is 3.97. The number of phenols is 1. The molecule has 0 atom stereocenters. The van der Waals surface area contributed by atoms with Gasteiger partial charge in [0.25, 0.3) is 0 Å². The summed E-state index contributed by atoms with van der Waals surface area (Å²) in [6.07, 6.45) is 0.254. The van der Waals surface area contributed by atoms with Gasteiger partial charge in [-0.25, -0.2) is 0 Å². The van der Waals surface area contributed by atoms with Crippen molar-refractivity contribution in [2.75, 3.05) is 12.4 Å². The van der Waals surface area contributed by atoms with E-state index in [0.29, 0.717) is 5.69 Å². The number of amides is 1. The molecule has 26 heavy (non-hydrogen) atoms. The number of nitrogens with one attached hydrogen (secondary N) is 2. The average molecular weight is 346 g/mol. The van der Waals surface area contributed by atoms with Gasteiger partial charge in [0.05, 0.1) is 19.0 Å². The number of aromatic amines is 1. The molecule has 0 spiro atoms. The van der Waals surface area contributed by atoms with E-state index in [1.807, 2.05) is 36.4 Å². The molecular weight excluding hydrogens is 328 g/mol. The first-order valence-electron chi connectivity index (χ1n) is 8.29. The zero-order chi connectivity index (χ0) is 18.1. The summed E-state index contributed by atoms with van der Waals surface area (Å²) in [7, 11) is 1.65. The molecule has 0 aliphatic rings. The number of aromatic hydroxyl groups is 1. The van der Waals surface area contributed by atoms with Gasteiger partial charge in [-0.15, -0.1) is 0 Å². The van der Waals surface area contributed by atoms with Gasteiger partial charge in [0.15, 0.2) is 0 Å². The number of fused-ring (bicyclic) bond motifs is 3. The molecule has 4 aromatic rings. The third kappa shape index (κ3) is 3.07. The van der Waals surface area contributed by atoms with Crippen LogP contribution in [0.15, 0.2) is 60.7 Å². The summed E-state index contributed by atoms with van der Waals surface area (Å²) in [6, 6.07) is 18.4. The highest BCUT2D eigenvalue weighted by Crippen LogP contribution is 2.29. The summed E-state index contributed by atoms with van der Waals surface area (Å²) in [4.78, 5) is 15.6. The van der Waals surface area contributed by atoms with Crippen LogP contribution in [0.5, 0.6) is 11.5 Å². The molecule has 0 saturated carbocycles. The fourth-order valence-corrected chi connectivity index (χ4v) is 3.15. The van der Waals surface area contributed by atoms with Crippen molar-refractivity contribution in [3.63, 3.8) is 0 Å². The molecule has 1 heterocycles. The minimum Gasteiger partial charge on any atom is -0.508 e. The summed E-state index contributed by atoms with van der Waals surface area (Å²) in [6.45, 7) is 0. The molecule has 5 nitrogen and oxygen atoms in total. The van der Waals surface area contributed by atoms with Crippen LogP contribution in [0.1, 0.15) is 5.56 Å². The molecule has 0 saturated heterocycles. The van der Waals surface area contributed by atoms with Crippen molar-refractivity contribution in [3.05, 3.63) is 66.2 Å². The molecular formula is C21H18N2O3. The molecule has 3 N–H and O–H groups in total. The van der Waals surface area contributed by atoms with Crippen LogP contribution in [-0.4, -0.2) is 23.1 Å². The van der Waals surface area contributed by atoms with E-state index in [2.05, 4.69) is 10.3 Å². The molecule has 0 bridgehead atoms. The Morgan fingerprint density at radius 1 is 1.04 bits per heavy atom. The van der Waals surface area contributed by atoms with Crippen LogP contribution in [0.2, 0.25) is 0 Å². The summed E-state index contributed by atoms with van der Waals surface area (Å²) < 4.78 is 5.27. The molecule has 0 radical (unpaired) electrons. The van der Waals surface area contributed by atoms with Gasteiger partial charge in [-0.3, -0.25) is 4.79 Å². The number of H-pyrrole nitrogens is 1. The number of rotatable bonds is 4. The van der Waals surface area contributed by atoms with Crippen LogP contribution < -0.4 is 10.1 Å². The molecule has 1 aromatic heterocycles. The lowest BCUT2D eigenvalue weighted by molar-refractivity contribution is -0.115. The van der Waals surface area contributed by atoms with Crippen LogP contribution in [0.25, 0.3) is 21.8 Å². The number of aromatic nitrogens is 1. The Bertz CT molecular complexity index is 1110. The van der Waals surface area contributed by atoms with E-state index in [1.54, 1.807) is 25.3 Å². The number of hydrogen-bond donors (Lipinski definition) is 3. The smallest absolute Gasteiger partial charge is 0.228 e. The number of phenolic OH excluding ortho intramolecular Hbond substituents is 1. The van der Waals surface area contributed by atoms with Crippen molar-refractivity contribution in [3.8, 4) is 11.5 Å².